The molecular weight excluding hydrogens is 318 g/mol. The quantitative estimate of drug-likeness (QED) is 0.210. The minimum Gasteiger partial charge on any atom is -0.343 e. The normalized spacial score (nSPS) is 14.9. The summed E-state index contributed by atoms with van der Waals surface area (Å²) in [6.45, 7) is 4.26. The standard InChI is InChI=1S/C24H43NO/c1-2-3-4-5-6-7-8-9-10-11-12-13-14-15-16-17-18-21-24(26)25-22-19-20-23-25/h9-10,14-15H,2-8,11-13,16-23H2,1H3. The van der Waals surface area contributed by atoms with Gasteiger partial charge in [0.15, 0.2) is 0 Å². The molecule has 1 fully saturated rings. The molecule has 1 heterocycles. The molecule has 0 aromatic heterocycles. The molecule has 0 atom stereocenters. The van der Waals surface area contributed by atoms with Gasteiger partial charge in [-0.1, -0.05) is 63.3 Å². The number of unbranched alkanes of at least 4 members (excludes halogenated alkanes) is 10. The van der Waals surface area contributed by atoms with Crippen molar-refractivity contribution in [1.29, 1.82) is 0 Å². The first-order valence-corrected chi connectivity index (χ1v) is 11.4. The van der Waals surface area contributed by atoms with Gasteiger partial charge in [0.05, 0.1) is 0 Å². The number of nitrogens with zero attached hydrogens (tertiary/aromatic N) is 1. The van der Waals surface area contributed by atoms with Crippen LogP contribution >= 0.6 is 0 Å². The van der Waals surface area contributed by atoms with Crippen LogP contribution in [0.1, 0.15) is 110 Å². The lowest BCUT2D eigenvalue weighted by Gasteiger charge is -2.14. The topological polar surface area (TPSA) is 20.3 Å². The van der Waals surface area contributed by atoms with E-state index in [0.29, 0.717) is 5.91 Å². The maximum absolute atomic E-state index is 11.9. The van der Waals surface area contributed by atoms with Gasteiger partial charge in [-0.25, -0.2) is 0 Å². The van der Waals surface area contributed by atoms with Crippen LogP contribution in [0, 0.1) is 0 Å². The first-order valence-electron chi connectivity index (χ1n) is 11.4. The van der Waals surface area contributed by atoms with E-state index in [2.05, 4.69) is 31.2 Å². The molecule has 0 unspecified atom stereocenters. The molecule has 0 radical (unpaired) electrons. The monoisotopic (exact) mass is 361 g/mol. The first-order chi connectivity index (χ1) is 12.8. The smallest absolute Gasteiger partial charge is 0.222 e. The molecule has 0 bridgehead atoms. The summed E-state index contributed by atoms with van der Waals surface area (Å²) < 4.78 is 0. The van der Waals surface area contributed by atoms with Crippen molar-refractivity contribution < 1.29 is 4.79 Å². The fraction of sp³-hybridized carbons (Fsp3) is 0.792. The fourth-order valence-corrected chi connectivity index (χ4v) is 3.53. The maximum atomic E-state index is 11.9. The minimum absolute atomic E-state index is 0.374. The van der Waals surface area contributed by atoms with Crippen molar-refractivity contribution in [3.63, 3.8) is 0 Å². The summed E-state index contributed by atoms with van der Waals surface area (Å²) in [5.41, 5.74) is 0. The van der Waals surface area contributed by atoms with Crippen molar-refractivity contribution in [3.05, 3.63) is 24.3 Å². The summed E-state index contributed by atoms with van der Waals surface area (Å²) in [5, 5.41) is 0. The maximum Gasteiger partial charge on any atom is 0.222 e. The third kappa shape index (κ3) is 13.2. The lowest BCUT2D eigenvalue weighted by atomic mass is 10.1. The first kappa shape index (κ1) is 23.0. The van der Waals surface area contributed by atoms with Gasteiger partial charge in [-0.05, 0) is 64.2 Å². The van der Waals surface area contributed by atoms with Crippen molar-refractivity contribution in [2.24, 2.45) is 0 Å². The molecule has 1 saturated heterocycles. The summed E-state index contributed by atoms with van der Waals surface area (Å²) in [4.78, 5) is 13.9. The summed E-state index contributed by atoms with van der Waals surface area (Å²) in [7, 11) is 0. The molecule has 1 amide bonds. The van der Waals surface area contributed by atoms with E-state index in [9.17, 15) is 4.79 Å². The summed E-state index contributed by atoms with van der Waals surface area (Å²) in [6, 6.07) is 0. The van der Waals surface area contributed by atoms with Gasteiger partial charge in [0.2, 0.25) is 5.91 Å². The summed E-state index contributed by atoms with van der Waals surface area (Å²) in [6.07, 6.45) is 29.1. The van der Waals surface area contributed by atoms with Gasteiger partial charge in [0.25, 0.3) is 0 Å². The van der Waals surface area contributed by atoms with Crippen molar-refractivity contribution in [2.75, 3.05) is 13.1 Å². The van der Waals surface area contributed by atoms with Crippen LogP contribution < -0.4 is 0 Å². The third-order valence-electron chi connectivity index (χ3n) is 5.27. The largest absolute Gasteiger partial charge is 0.343 e. The van der Waals surface area contributed by atoms with Gasteiger partial charge in [0.1, 0.15) is 0 Å². The van der Waals surface area contributed by atoms with Crippen LogP contribution in [-0.4, -0.2) is 23.9 Å². The molecule has 150 valence electrons. The van der Waals surface area contributed by atoms with E-state index in [0.717, 1.165) is 38.8 Å². The zero-order chi connectivity index (χ0) is 18.7. The van der Waals surface area contributed by atoms with Gasteiger partial charge in [-0.2, -0.15) is 0 Å². The molecule has 1 rings (SSSR count). The third-order valence-corrected chi connectivity index (χ3v) is 5.27. The number of carbonyl (C=O) groups is 1. The van der Waals surface area contributed by atoms with Gasteiger partial charge in [0, 0.05) is 19.5 Å². The number of amides is 1. The zero-order valence-corrected chi connectivity index (χ0v) is 17.4. The highest BCUT2D eigenvalue weighted by molar-refractivity contribution is 5.76. The Kier molecular flexibility index (Phi) is 15.4. The van der Waals surface area contributed by atoms with E-state index in [1.165, 1.54) is 77.0 Å². The number of hydrogen-bond acceptors (Lipinski definition) is 1. The fourth-order valence-electron chi connectivity index (χ4n) is 3.53. The van der Waals surface area contributed by atoms with Gasteiger partial charge >= 0.3 is 0 Å². The number of carbonyl (C=O) groups excluding carboxylic acids is 1. The molecule has 0 aromatic carbocycles. The van der Waals surface area contributed by atoms with Crippen LogP contribution in [0.5, 0.6) is 0 Å². The predicted octanol–water partition coefficient (Wildman–Crippen LogP) is 7.20. The van der Waals surface area contributed by atoms with E-state index >= 15 is 0 Å². The van der Waals surface area contributed by atoms with Crippen LogP contribution in [0.15, 0.2) is 24.3 Å². The molecule has 26 heavy (non-hydrogen) atoms. The molecule has 2 heteroatoms. The molecule has 1 aliphatic heterocycles. The lowest BCUT2D eigenvalue weighted by molar-refractivity contribution is -0.130. The highest BCUT2D eigenvalue weighted by Crippen LogP contribution is 2.12. The Hall–Kier alpha value is -1.05. The van der Waals surface area contributed by atoms with E-state index in [4.69, 9.17) is 0 Å². The van der Waals surface area contributed by atoms with Gasteiger partial charge in [-0.3, -0.25) is 4.79 Å². The Labute approximate surface area is 163 Å². The van der Waals surface area contributed by atoms with Gasteiger partial charge < -0.3 is 4.90 Å². The number of rotatable bonds is 16. The van der Waals surface area contributed by atoms with Crippen LogP contribution in [0.2, 0.25) is 0 Å². The number of hydrogen-bond donors (Lipinski definition) is 0. The average molecular weight is 362 g/mol. The summed E-state index contributed by atoms with van der Waals surface area (Å²) in [5.74, 6) is 0.374. The molecule has 0 saturated carbocycles. The van der Waals surface area contributed by atoms with Crippen LogP contribution in [0.4, 0.5) is 0 Å². The SMILES string of the molecule is CCCCCCCCC=CCCCC=CCCCCC(=O)N1CCCC1. The second kappa shape index (κ2) is 17.4. The van der Waals surface area contributed by atoms with Crippen molar-refractivity contribution in [3.8, 4) is 0 Å². The molecule has 0 spiro atoms. The van der Waals surface area contributed by atoms with E-state index < -0.39 is 0 Å². The highest BCUT2D eigenvalue weighted by atomic mass is 16.2. The zero-order valence-electron chi connectivity index (χ0n) is 17.4. The summed E-state index contributed by atoms with van der Waals surface area (Å²) >= 11 is 0. The van der Waals surface area contributed by atoms with E-state index in [1.54, 1.807) is 0 Å². The lowest BCUT2D eigenvalue weighted by Crippen LogP contribution is -2.27. The van der Waals surface area contributed by atoms with Crippen LogP contribution in [0.25, 0.3) is 0 Å². The Bertz CT molecular complexity index is 380. The second-order valence-electron chi connectivity index (χ2n) is 7.76. The van der Waals surface area contributed by atoms with Crippen LogP contribution in [0.3, 0.4) is 0 Å². The van der Waals surface area contributed by atoms with Crippen molar-refractivity contribution >= 4 is 5.91 Å². The van der Waals surface area contributed by atoms with Crippen molar-refractivity contribution in [2.45, 2.75) is 110 Å². The molecule has 1 aliphatic rings. The molecule has 0 N–H and O–H groups in total. The number of allylic oxidation sites excluding steroid dienone is 4. The Morgan fingerprint density at radius 3 is 1.81 bits per heavy atom. The Morgan fingerprint density at radius 1 is 0.692 bits per heavy atom. The average Bonchev–Trinajstić information content (AvgIpc) is 3.19. The second-order valence-corrected chi connectivity index (χ2v) is 7.76. The molecule has 2 nitrogen and oxygen atoms in total. The van der Waals surface area contributed by atoms with E-state index in [-0.39, 0.29) is 0 Å². The highest BCUT2D eigenvalue weighted by Gasteiger charge is 2.16. The number of likely N-dealkylation sites (tertiary alicyclic amines) is 1. The van der Waals surface area contributed by atoms with Crippen molar-refractivity contribution in [1.82, 2.24) is 4.90 Å². The Balaban J connectivity index is 1.80. The van der Waals surface area contributed by atoms with E-state index in [1.807, 2.05) is 4.90 Å². The Morgan fingerprint density at radius 2 is 1.19 bits per heavy atom. The minimum atomic E-state index is 0.374. The van der Waals surface area contributed by atoms with Crippen LogP contribution in [-0.2, 0) is 4.79 Å². The van der Waals surface area contributed by atoms with Gasteiger partial charge in [-0.15, -0.1) is 0 Å². The molecule has 0 aliphatic carbocycles. The predicted molar refractivity (Wildman–Crippen MR) is 114 cm³/mol. The molecular formula is C24H43NO. The molecule has 0 aromatic rings.